The van der Waals surface area contributed by atoms with Gasteiger partial charge >= 0.3 is 0 Å². The first-order valence-corrected chi connectivity index (χ1v) is 10.5. The van der Waals surface area contributed by atoms with E-state index in [9.17, 15) is 0 Å². The molecule has 1 aliphatic rings. The molecule has 1 atom stereocenters. The first kappa shape index (κ1) is 20.3. The first-order chi connectivity index (χ1) is 13.8. The van der Waals surface area contributed by atoms with Crippen molar-refractivity contribution in [3.8, 4) is 0 Å². The highest BCUT2D eigenvalue weighted by Gasteiger charge is 2.24. The van der Waals surface area contributed by atoms with Crippen LogP contribution in [0.2, 0.25) is 0 Å². The van der Waals surface area contributed by atoms with Gasteiger partial charge < -0.3 is 10.6 Å². The molecule has 2 N–H and O–H groups in total. The number of hydrogen-bond donors (Lipinski definition) is 2. The number of rotatable bonds is 8. The van der Waals surface area contributed by atoms with Crippen LogP contribution in [-0.4, -0.2) is 48.1 Å². The molecule has 5 nitrogen and oxygen atoms in total. The van der Waals surface area contributed by atoms with Crippen LogP contribution in [0.4, 0.5) is 0 Å². The number of aromatic nitrogens is 1. The lowest BCUT2D eigenvalue weighted by Gasteiger charge is -2.23. The van der Waals surface area contributed by atoms with Gasteiger partial charge in [0.15, 0.2) is 5.96 Å². The Kier molecular flexibility index (Phi) is 7.85. The molecule has 0 aliphatic carbocycles. The van der Waals surface area contributed by atoms with Gasteiger partial charge in [0.1, 0.15) is 0 Å². The van der Waals surface area contributed by atoms with Crippen LogP contribution in [0.5, 0.6) is 0 Å². The SMILES string of the molecule is CCNC(=NCC1CCCN1Cc1ccccc1)NCCc1ccncc1C. The number of hydrogen-bond acceptors (Lipinski definition) is 3. The molecule has 1 unspecified atom stereocenters. The number of aryl methyl sites for hydroxylation is 1. The predicted octanol–water partition coefficient (Wildman–Crippen LogP) is 3.15. The fraction of sp³-hybridized carbons (Fsp3) is 0.478. The van der Waals surface area contributed by atoms with Gasteiger partial charge in [-0.2, -0.15) is 0 Å². The summed E-state index contributed by atoms with van der Waals surface area (Å²) < 4.78 is 0. The van der Waals surface area contributed by atoms with Gasteiger partial charge in [0.25, 0.3) is 0 Å². The quantitative estimate of drug-likeness (QED) is 0.546. The summed E-state index contributed by atoms with van der Waals surface area (Å²) in [6.07, 6.45) is 7.26. The van der Waals surface area contributed by atoms with E-state index in [1.165, 1.54) is 36.1 Å². The van der Waals surface area contributed by atoms with Crippen molar-refractivity contribution in [3.05, 3.63) is 65.5 Å². The topological polar surface area (TPSA) is 52.6 Å². The number of benzene rings is 1. The molecule has 28 heavy (non-hydrogen) atoms. The summed E-state index contributed by atoms with van der Waals surface area (Å²) in [5.41, 5.74) is 3.97. The molecule has 2 heterocycles. The van der Waals surface area contributed by atoms with Crippen LogP contribution in [0.3, 0.4) is 0 Å². The van der Waals surface area contributed by atoms with Gasteiger partial charge in [0.2, 0.25) is 0 Å². The maximum absolute atomic E-state index is 4.88. The van der Waals surface area contributed by atoms with E-state index in [-0.39, 0.29) is 0 Å². The summed E-state index contributed by atoms with van der Waals surface area (Å²) in [4.78, 5) is 11.6. The molecule has 0 radical (unpaired) electrons. The van der Waals surface area contributed by atoms with E-state index in [4.69, 9.17) is 4.99 Å². The lowest BCUT2D eigenvalue weighted by molar-refractivity contribution is 0.250. The van der Waals surface area contributed by atoms with Crippen molar-refractivity contribution in [1.82, 2.24) is 20.5 Å². The van der Waals surface area contributed by atoms with Gasteiger partial charge in [-0.05, 0) is 62.4 Å². The molecule has 1 aromatic heterocycles. The Labute approximate surface area is 169 Å². The average molecular weight is 380 g/mol. The third kappa shape index (κ3) is 6.06. The fourth-order valence-electron chi connectivity index (χ4n) is 3.76. The van der Waals surface area contributed by atoms with Crippen molar-refractivity contribution in [2.24, 2.45) is 4.99 Å². The Bertz CT molecular complexity index is 744. The van der Waals surface area contributed by atoms with Crippen molar-refractivity contribution in [2.45, 2.75) is 45.7 Å². The highest BCUT2D eigenvalue weighted by molar-refractivity contribution is 5.79. The first-order valence-electron chi connectivity index (χ1n) is 10.5. The van der Waals surface area contributed by atoms with Crippen LogP contribution in [-0.2, 0) is 13.0 Å². The molecular formula is C23H33N5. The summed E-state index contributed by atoms with van der Waals surface area (Å²) in [5.74, 6) is 0.917. The zero-order valence-corrected chi connectivity index (χ0v) is 17.2. The maximum Gasteiger partial charge on any atom is 0.191 e. The molecule has 0 spiro atoms. The smallest absolute Gasteiger partial charge is 0.191 e. The molecular weight excluding hydrogens is 346 g/mol. The van der Waals surface area contributed by atoms with Crippen molar-refractivity contribution >= 4 is 5.96 Å². The van der Waals surface area contributed by atoms with Gasteiger partial charge in [-0.3, -0.25) is 14.9 Å². The molecule has 0 amide bonds. The molecule has 150 valence electrons. The number of nitrogens with zero attached hydrogens (tertiary/aromatic N) is 3. The minimum atomic E-state index is 0.526. The van der Waals surface area contributed by atoms with E-state index in [1.807, 2.05) is 12.4 Å². The zero-order valence-electron chi connectivity index (χ0n) is 17.2. The molecule has 5 heteroatoms. The lowest BCUT2D eigenvalue weighted by atomic mass is 10.1. The van der Waals surface area contributed by atoms with Crippen LogP contribution in [0.1, 0.15) is 36.5 Å². The van der Waals surface area contributed by atoms with Crippen LogP contribution in [0, 0.1) is 6.92 Å². The second kappa shape index (κ2) is 10.8. The fourth-order valence-corrected chi connectivity index (χ4v) is 3.76. The van der Waals surface area contributed by atoms with E-state index in [0.29, 0.717) is 6.04 Å². The highest BCUT2D eigenvalue weighted by Crippen LogP contribution is 2.20. The Morgan fingerprint density at radius 1 is 1.21 bits per heavy atom. The van der Waals surface area contributed by atoms with Gasteiger partial charge in [0, 0.05) is 38.1 Å². The van der Waals surface area contributed by atoms with Gasteiger partial charge in [-0.1, -0.05) is 30.3 Å². The number of pyridine rings is 1. The third-order valence-corrected chi connectivity index (χ3v) is 5.36. The number of likely N-dealkylation sites (tertiary alicyclic amines) is 1. The van der Waals surface area contributed by atoms with E-state index in [0.717, 1.165) is 38.6 Å². The Hall–Kier alpha value is -2.40. The van der Waals surface area contributed by atoms with E-state index in [1.54, 1.807) is 0 Å². The number of guanidine groups is 1. The van der Waals surface area contributed by atoms with Crippen LogP contribution >= 0.6 is 0 Å². The van der Waals surface area contributed by atoms with Crippen LogP contribution < -0.4 is 10.6 Å². The van der Waals surface area contributed by atoms with Crippen molar-refractivity contribution in [3.63, 3.8) is 0 Å². The maximum atomic E-state index is 4.88. The summed E-state index contributed by atoms with van der Waals surface area (Å²) in [7, 11) is 0. The molecule has 0 bridgehead atoms. The number of aliphatic imine (C=N–C) groups is 1. The van der Waals surface area contributed by atoms with E-state index in [2.05, 4.69) is 70.8 Å². The van der Waals surface area contributed by atoms with Gasteiger partial charge in [-0.25, -0.2) is 0 Å². The minimum absolute atomic E-state index is 0.526. The largest absolute Gasteiger partial charge is 0.357 e. The summed E-state index contributed by atoms with van der Waals surface area (Å²) in [6.45, 7) is 9.00. The van der Waals surface area contributed by atoms with Crippen LogP contribution in [0.15, 0.2) is 53.8 Å². The molecule has 1 fully saturated rings. The van der Waals surface area contributed by atoms with Crippen molar-refractivity contribution < 1.29 is 0 Å². The zero-order chi connectivity index (χ0) is 19.6. The van der Waals surface area contributed by atoms with E-state index >= 15 is 0 Å². The standard InChI is InChI=1S/C23H33N5/c1-3-25-23(26-14-12-21-11-13-24-16-19(21)2)27-17-22-10-7-15-28(22)18-20-8-5-4-6-9-20/h4-6,8-9,11,13,16,22H,3,7,10,12,14-15,17-18H2,1-2H3,(H2,25,26,27). The summed E-state index contributed by atoms with van der Waals surface area (Å²) in [5, 5.41) is 6.86. The van der Waals surface area contributed by atoms with E-state index < -0.39 is 0 Å². The van der Waals surface area contributed by atoms with Gasteiger partial charge in [-0.15, -0.1) is 0 Å². The lowest BCUT2D eigenvalue weighted by Crippen LogP contribution is -2.40. The van der Waals surface area contributed by atoms with Crippen molar-refractivity contribution in [2.75, 3.05) is 26.2 Å². The van der Waals surface area contributed by atoms with Crippen LogP contribution in [0.25, 0.3) is 0 Å². The Balaban J connectivity index is 1.52. The average Bonchev–Trinajstić information content (AvgIpc) is 3.15. The monoisotopic (exact) mass is 379 g/mol. The summed E-state index contributed by atoms with van der Waals surface area (Å²) >= 11 is 0. The van der Waals surface area contributed by atoms with Crippen molar-refractivity contribution in [1.29, 1.82) is 0 Å². The molecule has 3 rings (SSSR count). The molecule has 1 saturated heterocycles. The molecule has 1 aromatic carbocycles. The molecule has 0 saturated carbocycles. The Morgan fingerprint density at radius 3 is 2.86 bits per heavy atom. The second-order valence-corrected chi connectivity index (χ2v) is 7.45. The highest BCUT2D eigenvalue weighted by atomic mass is 15.2. The third-order valence-electron chi connectivity index (χ3n) is 5.36. The second-order valence-electron chi connectivity index (χ2n) is 7.45. The van der Waals surface area contributed by atoms with Gasteiger partial charge in [0.05, 0.1) is 6.54 Å². The molecule has 1 aliphatic heterocycles. The molecule has 2 aromatic rings. The summed E-state index contributed by atoms with van der Waals surface area (Å²) in [6, 6.07) is 13.4. The Morgan fingerprint density at radius 2 is 2.07 bits per heavy atom. The predicted molar refractivity (Wildman–Crippen MR) is 117 cm³/mol. The number of nitrogens with one attached hydrogen (secondary N) is 2. The normalized spacial score (nSPS) is 17.6. The minimum Gasteiger partial charge on any atom is -0.357 e.